The lowest BCUT2D eigenvalue weighted by atomic mass is 10.1. The number of hydrogen-bond donors (Lipinski definition) is 2. The second-order valence-electron chi connectivity index (χ2n) is 4.02. The van der Waals surface area contributed by atoms with Crippen molar-refractivity contribution in [1.82, 2.24) is 0 Å². The van der Waals surface area contributed by atoms with E-state index in [1.54, 1.807) is 6.07 Å². The molecule has 1 atom stereocenters. The third kappa shape index (κ3) is 2.34. The van der Waals surface area contributed by atoms with Gasteiger partial charge in [-0.1, -0.05) is 12.0 Å². The summed E-state index contributed by atoms with van der Waals surface area (Å²) >= 11 is 0. The second-order valence-corrected chi connectivity index (χ2v) is 4.02. The molecule has 2 rings (SSSR count). The Morgan fingerprint density at radius 3 is 2.88 bits per heavy atom. The molecule has 0 bridgehead atoms. The van der Waals surface area contributed by atoms with Crippen LogP contribution in [-0.4, -0.2) is 17.1 Å². The highest BCUT2D eigenvalue weighted by atomic mass is 16.4. The number of terminal acetylenes is 1. The molecular weight excluding hydrogens is 202 g/mol. The lowest BCUT2D eigenvalue weighted by molar-refractivity contribution is -0.138. The molecule has 0 radical (unpaired) electrons. The van der Waals surface area contributed by atoms with Crippen LogP contribution in [0.15, 0.2) is 24.3 Å². The highest BCUT2D eigenvalue weighted by molar-refractivity contribution is 5.78. The molecule has 0 heterocycles. The Hall–Kier alpha value is -1.95. The van der Waals surface area contributed by atoms with Crippen LogP contribution in [-0.2, 0) is 4.79 Å². The average molecular weight is 215 g/mol. The minimum absolute atomic E-state index is 0.256. The fraction of sp³-hybridized carbons (Fsp3) is 0.308. The maximum absolute atomic E-state index is 11.0. The number of nitrogens with one attached hydrogen (secondary N) is 1. The van der Waals surface area contributed by atoms with Gasteiger partial charge in [0.15, 0.2) is 0 Å². The lowest BCUT2D eigenvalue weighted by Crippen LogP contribution is -2.31. The van der Waals surface area contributed by atoms with E-state index in [4.69, 9.17) is 11.5 Å². The Balaban J connectivity index is 2.12. The van der Waals surface area contributed by atoms with Crippen molar-refractivity contribution >= 4 is 11.7 Å². The lowest BCUT2D eigenvalue weighted by Gasteiger charge is -2.14. The van der Waals surface area contributed by atoms with E-state index >= 15 is 0 Å². The summed E-state index contributed by atoms with van der Waals surface area (Å²) in [6.07, 6.45) is 7.26. The maximum Gasteiger partial charge on any atom is 0.326 e. The molecule has 0 amide bonds. The zero-order chi connectivity index (χ0) is 11.5. The van der Waals surface area contributed by atoms with Gasteiger partial charge in [0.05, 0.1) is 0 Å². The number of benzene rings is 1. The number of aliphatic carboxylic acids is 1. The van der Waals surface area contributed by atoms with Crippen LogP contribution in [0, 0.1) is 18.3 Å². The third-order valence-corrected chi connectivity index (χ3v) is 2.71. The van der Waals surface area contributed by atoms with Crippen LogP contribution in [0.2, 0.25) is 0 Å². The molecule has 1 aliphatic rings. The molecule has 0 spiro atoms. The van der Waals surface area contributed by atoms with Crippen molar-refractivity contribution in [2.75, 3.05) is 5.32 Å². The van der Waals surface area contributed by atoms with E-state index in [2.05, 4.69) is 11.2 Å². The monoisotopic (exact) mass is 215 g/mol. The van der Waals surface area contributed by atoms with Gasteiger partial charge < -0.3 is 10.4 Å². The number of anilines is 1. The number of carboxylic acid groups (broad SMARTS) is 1. The molecule has 16 heavy (non-hydrogen) atoms. The van der Waals surface area contributed by atoms with E-state index in [1.807, 2.05) is 18.2 Å². The van der Waals surface area contributed by atoms with E-state index in [9.17, 15) is 4.79 Å². The molecule has 1 aromatic rings. The zero-order valence-electron chi connectivity index (χ0n) is 8.81. The Morgan fingerprint density at radius 1 is 1.56 bits per heavy atom. The fourth-order valence-electron chi connectivity index (χ4n) is 1.69. The highest BCUT2D eigenvalue weighted by Crippen LogP contribution is 2.34. The van der Waals surface area contributed by atoms with Crippen LogP contribution in [0.5, 0.6) is 0 Å². The van der Waals surface area contributed by atoms with Crippen molar-refractivity contribution in [3.8, 4) is 12.3 Å². The van der Waals surface area contributed by atoms with Crippen molar-refractivity contribution in [2.24, 2.45) is 5.92 Å². The van der Waals surface area contributed by atoms with Crippen molar-refractivity contribution in [3.63, 3.8) is 0 Å². The van der Waals surface area contributed by atoms with Crippen molar-refractivity contribution < 1.29 is 9.90 Å². The second kappa shape index (κ2) is 4.28. The summed E-state index contributed by atoms with van der Waals surface area (Å²) in [4.78, 5) is 11.0. The van der Waals surface area contributed by atoms with Gasteiger partial charge >= 0.3 is 5.97 Å². The Bertz CT molecular complexity index is 443. The van der Waals surface area contributed by atoms with Gasteiger partial charge in [0.1, 0.15) is 6.04 Å². The van der Waals surface area contributed by atoms with E-state index in [-0.39, 0.29) is 5.92 Å². The standard InChI is InChI=1S/C13H13NO2/c1-2-9-4-3-5-11(8-9)14-12(13(15)16)10-6-7-10/h1,3-5,8,10,12,14H,6-7H2,(H,15,16). The van der Waals surface area contributed by atoms with Gasteiger partial charge in [0.25, 0.3) is 0 Å². The zero-order valence-corrected chi connectivity index (χ0v) is 8.81. The van der Waals surface area contributed by atoms with Crippen LogP contribution in [0.4, 0.5) is 5.69 Å². The van der Waals surface area contributed by atoms with E-state index < -0.39 is 12.0 Å². The topological polar surface area (TPSA) is 49.3 Å². The van der Waals surface area contributed by atoms with Gasteiger partial charge in [0, 0.05) is 11.3 Å². The Morgan fingerprint density at radius 2 is 2.31 bits per heavy atom. The molecule has 1 aliphatic carbocycles. The molecule has 3 nitrogen and oxygen atoms in total. The summed E-state index contributed by atoms with van der Waals surface area (Å²) in [5.41, 5.74) is 1.53. The molecule has 1 unspecified atom stereocenters. The predicted octanol–water partition coefficient (Wildman–Crippen LogP) is 1.94. The van der Waals surface area contributed by atoms with Gasteiger partial charge in [-0.05, 0) is 37.0 Å². The van der Waals surface area contributed by atoms with Crippen molar-refractivity contribution in [3.05, 3.63) is 29.8 Å². The Kier molecular flexibility index (Phi) is 2.82. The van der Waals surface area contributed by atoms with Gasteiger partial charge in [0.2, 0.25) is 0 Å². The average Bonchev–Trinajstić information content (AvgIpc) is 3.10. The summed E-state index contributed by atoms with van der Waals surface area (Å²) in [6, 6.07) is 6.77. The molecule has 2 N–H and O–H groups in total. The largest absolute Gasteiger partial charge is 0.480 e. The van der Waals surface area contributed by atoms with Crippen LogP contribution in [0.3, 0.4) is 0 Å². The van der Waals surface area contributed by atoms with Crippen molar-refractivity contribution in [1.29, 1.82) is 0 Å². The molecular formula is C13H13NO2. The molecule has 82 valence electrons. The highest BCUT2D eigenvalue weighted by Gasteiger charge is 2.36. The molecule has 1 aromatic carbocycles. The van der Waals surface area contributed by atoms with Crippen LogP contribution in [0.25, 0.3) is 0 Å². The first-order valence-electron chi connectivity index (χ1n) is 5.26. The first-order valence-corrected chi connectivity index (χ1v) is 5.26. The SMILES string of the molecule is C#Cc1cccc(NC(C(=O)O)C2CC2)c1. The quantitative estimate of drug-likeness (QED) is 0.755. The fourth-order valence-corrected chi connectivity index (χ4v) is 1.69. The summed E-state index contributed by atoms with van der Waals surface area (Å²) in [6.45, 7) is 0. The van der Waals surface area contributed by atoms with Crippen LogP contribution >= 0.6 is 0 Å². The van der Waals surface area contributed by atoms with Crippen LogP contribution < -0.4 is 5.32 Å². The summed E-state index contributed by atoms with van der Waals surface area (Å²) in [7, 11) is 0. The van der Waals surface area contributed by atoms with Gasteiger partial charge in [-0.15, -0.1) is 6.42 Å². The summed E-state index contributed by atoms with van der Waals surface area (Å²) in [5, 5.41) is 12.1. The van der Waals surface area contributed by atoms with E-state index in [0.29, 0.717) is 0 Å². The number of hydrogen-bond acceptors (Lipinski definition) is 2. The number of carboxylic acids is 1. The van der Waals surface area contributed by atoms with Crippen molar-refractivity contribution in [2.45, 2.75) is 18.9 Å². The van der Waals surface area contributed by atoms with Gasteiger partial charge in [-0.25, -0.2) is 4.79 Å². The number of rotatable bonds is 4. The van der Waals surface area contributed by atoms with E-state index in [0.717, 1.165) is 24.1 Å². The van der Waals surface area contributed by atoms with Crippen LogP contribution in [0.1, 0.15) is 18.4 Å². The summed E-state index contributed by atoms with van der Waals surface area (Å²) in [5.74, 6) is 1.99. The molecule has 0 saturated heterocycles. The third-order valence-electron chi connectivity index (χ3n) is 2.71. The van der Waals surface area contributed by atoms with Gasteiger partial charge in [-0.2, -0.15) is 0 Å². The first-order chi connectivity index (χ1) is 7.70. The Labute approximate surface area is 94.5 Å². The molecule has 0 aliphatic heterocycles. The van der Waals surface area contributed by atoms with Gasteiger partial charge in [-0.3, -0.25) is 0 Å². The molecule has 1 saturated carbocycles. The maximum atomic E-state index is 11.0. The number of carbonyl (C=O) groups is 1. The molecule has 3 heteroatoms. The minimum atomic E-state index is -0.798. The summed E-state index contributed by atoms with van der Waals surface area (Å²) < 4.78 is 0. The molecule has 0 aromatic heterocycles. The van der Waals surface area contributed by atoms with E-state index in [1.165, 1.54) is 0 Å². The molecule has 1 fully saturated rings. The smallest absolute Gasteiger partial charge is 0.326 e. The normalized spacial score (nSPS) is 16.2. The predicted molar refractivity (Wildman–Crippen MR) is 62.1 cm³/mol. The minimum Gasteiger partial charge on any atom is -0.480 e. The first kappa shape index (κ1) is 10.6.